The lowest BCUT2D eigenvalue weighted by Gasteiger charge is -2.11. The summed E-state index contributed by atoms with van der Waals surface area (Å²) in [6, 6.07) is 7.42. The summed E-state index contributed by atoms with van der Waals surface area (Å²) < 4.78 is 23.9. The summed E-state index contributed by atoms with van der Waals surface area (Å²) in [5.74, 6) is 0.565. The minimum absolute atomic E-state index is 0.0150. The van der Waals surface area contributed by atoms with Crippen molar-refractivity contribution in [3.8, 4) is 0 Å². The molecule has 0 amide bonds. The molecular formula is C14H18O2S. The molecule has 0 heterocycles. The maximum atomic E-state index is 11.9. The molecule has 0 aromatic heterocycles. The quantitative estimate of drug-likeness (QED) is 0.768. The van der Waals surface area contributed by atoms with Gasteiger partial charge in [-0.3, -0.25) is 0 Å². The van der Waals surface area contributed by atoms with Crippen LogP contribution in [0, 0.1) is 0 Å². The van der Waals surface area contributed by atoms with Crippen molar-refractivity contribution in [2.45, 2.75) is 36.5 Å². The second-order valence-electron chi connectivity index (χ2n) is 4.62. The van der Waals surface area contributed by atoms with E-state index in [1.54, 1.807) is 6.07 Å². The zero-order valence-electron chi connectivity index (χ0n) is 9.93. The summed E-state index contributed by atoms with van der Waals surface area (Å²) in [6.45, 7) is 3.49. The van der Waals surface area contributed by atoms with Crippen LogP contribution in [0.1, 0.15) is 37.2 Å². The van der Waals surface area contributed by atoms with Gasteiger partial charge in [0.15, 0.2) is 9.84 Å². The van der Waals surface area contributed by atoms with E-state index in [0.717, 1.165) is 0 Å². The van der Waals surface area contributed by atoms with Gasteiger partial charge in [-0.25, -0.2) is 8.42 Å². The molecule has 1 aliphatic carbocycles. The second-order valence-corrected chi connectivity index (χ2v) is 6.66. The predicted octanol–water partition coefficient (Wildman–Crippen LogP) is 3.30. The molecule has 1 fully saturated rings. The van der Waals surface area contributed by atoms with Crippen molar-refractivity contribution >= 4 is 9.84 Å². The van der Waals surface area contributed by atoms with Crippen molar-refractivity contribution in [2.75, 3.05) is 5.75 Å². The maximum Gasteiger partial charge on any atom is 0.181 e. The molecule has 2 rings (SSSR count). The van der Waals surface area contributed by atoms with Crippen molar-refractivity contribution in [2.24, 2.45) is 0 Å². The monoisotopic (exact) mass is 250 g/mol. The summed E-state index contributed by atoms with van der Waals surface area (Å²) in [6.07, 6.45) is 6.33. The first-order valence-corrected chi connectivity index (χ1v) is 7.72. The van der Waals surface area contributed by atoms with Crippen molar-refractivity contribution in [3.63, 3.8) is 0 Å². The van der Waals surface area contributed by atoms with Gasteiger partial charge in [0, 0.05) is 0 Å². The molecule has 17 heavy (non-hydrogen) atoms. The van der Waals surface area contributed by atoms with Gasteiger partial charge in [0.1, 0.15) is 0 Å². The molecule has 0 bridgehead atoms. The van der Waals surface area contributed by atoms with Crippen LogP contribution in [0.4, 0.5) is 0 Å². The van der Waals surface area contributed by atoms with Crippen molar-refractivity contribution < 1.29 is 8.42 Å². The molecule has 1 aromatic carbocycles. The lowest BCUT2D eigenvalue weighted by molar-refractivity contribution is 0.598. The Morgan fingerprint density at radius 3 is 2.65 bits per heavy atom. The number of benzene rings is 1. The molecule has 1 saturated carbocycles. The van der Waals surface area contributed by atoms with Crippen LogP contribution in [0.25, 0.3) is 0 Å². The van der Waals surface area contributed by atoms with Crippen LogP contribution in [-0.2, 0) is 9.84 Å². The van der Waals surface area contributed by atoms with E-state index in [0.29, 0.717) is 10.8 Å². The SMILES string of the molecule is C=CCS(=O)(=O)c1cccc(C2CCCC2)c1. The minimum Gasteiger partial charge on any atom is -0.223 e. The number of hydrogen-bond acceptors (Lipinski definition) is 2. The van der Waals surface area contributed by atoms with E-state index in [1.807, 2.05) is 18.2 Å². The van der Waals surface area contributed by atoms with Gasteiger partial charge in [-0.1, -0.05) is 31.1 Å². The largest absolute Gasteiger partial charge is 0.223 e. The van der Waals surface area contributed by atoms with Gasteiger partial charge in [-0.05, 0) is 36.5 Å². The van der Waals surface area contributed by atoms with Crippen LogP contribution >= 0.6 is 0 Å². The Balaban J connectivity index is 2.30. The van der Waals surface area contributed by atoms with Crippen LogP contribution in [0.3, 0.4) is 0 Å². The first-order valence-electron chi connectivity index (χ1n) is 6.07. The van der Waals surface area contributed by atoms with Gasteiger partial charge in [-0.15, -0.1) is 6.58 Å². The van der Waals surface area contributed by atoms with Crippen LogP contribution in [0.5, 0.6) is 0 Å². The predicted molar refractivity (Wildman–Crippen MR) is 69.9 cm³/mol. The zero-order valence-corrected chi connectivity index (χ0v) is 10.7. The molecule has 0 aliphatic heterocycles. The zero-order chi connectivity index (χ0) is 12.3. The van der Waals surface area contributed by atoms with E-state index in [4.69, 9.17) is 0 Å². The highest BCUT2D eigenvalue weighted by molar-refractivity contribution is 7.91. The molecule has 1 aromatic rings. The molecule has 92 valence electrons. The minimum atomic E-state index is -3.18. The van der Waals surface area contributed by atoms with Crippen LogP contribution in [-0.4, -0.2) is 14.2 Å². The molecule has 0 atom stereocenters. The first kappa shape index (κ1) is 12.4. The lowest BCUT2D eigenvalue weighted by atomic mass is 9.98. The third kappa shape index (κ3) is 2.78. The summed E-state index contributed by atoms with van der Waals surface area (Å²) in [7, 11) is -3.18. The van der Waals surface area contributed by atoms with Crippen molar-refractivity contribution in [1.29, 1.82) is 0 Å². The van der Waals surface area contributed by atoms with Crippen LogP contribution < -0.4 is 0 Å². The summed E-state index contributed by atoms with van der Waals surface area (Å²) in [4.78, 5) is 0.432. The summed E-state index contributed by atoms with van der Waals surface area (Å²) in [5.41, 5.74) is 1.17. The lowest BCUT2D eigenvalue weighted by Crippen LogP contribution is -2.05. The highest BCUT2D eigenvalue weighted by atomic mass is 32.2. The molecule has 0 saturated heterocycles. The molecular weight excluding hydrogens is 232 g/mol. The Labute approximate surface area is 103 Å². The third-order valence-corrected chi connectivity index (χ3v) is 5.03. The molecule has 0 unspecified atom stereocenters. The molecule has 0 N–H and O–H groups in total. The molecule has 0 spiro atoms. The fourth-order valence-electron chi connectivity index (χ4n) is 2.47. The molecule has 1 aliphatic rings. The second kappa shape index (κ2) is 5.05. The first-order chi connectivity index (χ1) is 8.13. The normalized spacial score (nSPS) is 17.2. The summed E-state index contributed by atoms with van der Waals surface area (Å²) >= 11 is 0. The highest BCUT2D eigenvalue weighted by Crippen LogP contribution is 2.34. The van der Waals surface area contributed by atoms with Gasteiger partial charge in [0.05, 0.1) is 10.6 Å². The van der Waals surface area contributed by atoms with E-state index in [1.165, 1.54) is 37.3 Å². The van der Waals surface area contributed by atoms with E-state index in [-0.39, 0.29) is 5.75 Å². The van der Waals surface area contributed by atoms with Gasteiger partial charge in [0.25, 0.3) is 0 Å². The topological polar surface area (TPSA) is 34.1 Å². The Morgan fingerprint density at radius 2 is 2.00 bits per heavy atom. The Bertz CT molecular complexity index is 497. The number of hydrogen-bond donors (Lipinski definition) is 0. The van der Waals surface area contributed by atoms with E-state index < -0.39 is 9.84 Å². The number of sulfone groups is 1. The third-order valence-electron chi connectivity index (χ3n) is 3.38. The van der Waals surface area contributed by atoms with Gasteiger partial charge in [-0.2, -0.15) is 0 Å². The molecule has 2 nitrogen and oxygen atoms in total. The van der Waals surface area contributed by atoms with Gasteiger partial charge in [0.2, 0.25) is 0 Å². The molecule has 0 radical (unpaired) electrons. The van der Waals surface area contributed by atoms with Crippen LogP contribution in [0.2, 0.25) is 0 Å². The fraction of sp³-hybridized carbons (Fsp3) is 0.429. The maximum absolute atomic E-state index is 11.9. The standard InChI is InChI=1S/C14H18O2S/c1-2-10-17(15,16)14-9-5-8-13(11-14)12-6-3-4-7-12/h2,5,8-9,11-12H,1,3-4,6-7,10H2. The van der Waals surface area contributed by atoms with Gasteiger partial charge >= 0.3 is 0 Å². The van der Waals surface area contributed by atoms with Crippen molar-refractivity contribution in [1.82, 2.24) is 0 Å². The highest BCUT2D eigenvalue weighted by Gasteiger charge is 2.19. The molecule has 3 heteroatoms. The Morgan fingerprint density at radius 1 is 1.29 bits per heavy atom. The van der Waals surface area contributed by atoms with E-state index in [2.05, 4.69) is 6.58 Å². The Kier molecular flexibility index (Phi) is 3.67. The smallest absolute Gasteiger partial charge is 0.181 e. The fourth-order valence-corrected chi connectivity index (χ4v) is 3.58. The van der Waals surface area contributed by atoms with Gasteiger partial charge < -0.3 is 0 Å². The number of rotatable bonds is 4. The van der Waals surface area contributed by atoms with E-state index >= 15 is 0 Å². The summed E-state index contributed by atoms with van der Waals surface area (Å²) in [5, 5.41) is 0. The average molecular weight is 250 g/mol. The van der Waals surface area contributed by atoms with E-state index in [9.17, 15) is 8.42 Å². The van der Waals surface area contributed by atoms with Crippen molar-refractivity contribution in [3.05, 3.63) is 42.5 Å². The Hall–Kier alpha value is -1.09. The average Bonchev–Trinajstić information content (AvgIpc) is 2.82. The van der Waals surface area contributed by atoms with Crippen LogP contribution in [0.15, 0.2) is 41.8 Å².